The summed E-state index contributed by atoms with van der Waals surface area (Å²) in [4.78, 5) is 2.39. The Morgan fingerprint density at radius 1 is 1.20 bits per heavy atom. The second-order valence-corrected chi connectivity index (χ2v) is 5.91. The molecule has 3 heteroatoms. The molecule has 3 nitrogen and oxygen atoms in total. The normalized spacial score (nSPS) is 16.2. The van der Waals surface area contributed by atoms with Crippen LogP contribution in [0.5, 0.6) is 5.75 Å². The van der Waals surface area contributed by atoms with E-state index >= 15 is 0 Å². The van der Waals surface area contributed by atoms with Gasteiger partial charge in [-0.2, -0.15) is 0 Å². The summed E-state index contributed by atoms with van der Waals surface area (Å²) in [6.45, 7) is 8.90. The predicted molar refractivity (Wildman–Crippen MR) is 86.1 cm³/mol. The van der Waals surface area contributed by atoms with Crippen molar-refractivity contribution in [3.63, 3.8) is 0 Å². The van der Waals surface area contributed by atoms with Crippen LogP contribution in [-0.2, 0) is 0 Å². The van der Waals surface area contributed by atoms with Gasteiger partial charge in [-0.3, -0.25) is 4.90 Å². The van der Waals surface area contributed by atoms with Gasteiger partial charge in [-0.25, -0.2) is 0 Å². The molecule has 0 aliphatic heterocycles. The number of likely N-dealkylation sites (N-methyl/N-ethyl adjacent to an activating group) is 1. The Bertz CT molecular complexity index is 406. The molecular formula is C17H30N2O. The van der Waals surface area contributed by atoms with Crippen LogP contribution in [0.15, 0.2) is 24.3 Å². The number of hydrogen-bond donors (Lipinski definition) is 1. The Morgan fingerprint density at radius 2 is 1.80 bits per heavy atom. The highest BCUT2D eigenvalue weighted by molar-refractivity contribution is 5.36. The Kier molecular flexibility index (Phi) is 6.50. The van der Waals surface area contributed by atoms with Crippen molar-refractivity contribution >= 4 is 0 Å². The molecule has 0 heterocycles. The monoisotopic (exact) mass is 278 g/mol. The van der Waals surface area contributed by atoms with Gasteiger partial charge in [-0.15, -0.1) is 0 Å². The first kappa shape index (κ1) is 17.0. The number of benzene rings is 1. The van der Waals surface area contributed by atoms with E-state index in [1.165, 1.54) is 5.56 Å². The minimum Gasteiger partial charge on any atom is -0.496 e. The molecule has 0 radical (unpaired) electrons. The first-order chi connectivity index (χ1) is 9.43. The largest absolute Gasteiger partial charge is 0.496 e. The molecule has 1 aromatic rings. The van der Waals surface area contributed by atoms with E-state index < -0.39 is 0 Å². The Labute approximate surface area is 124 Å². The van der Waals surface area contributed by atoms with Crippen LogP contribution in [0.1, 0.15) is 45.7 Å². The van der Waals surface area contributed by atoms with E-state index in [2.05, 4.69) is 51.8 Å². The number of rotatable bonds is 7. The molecule has 0 saturated carbocycles. The maximum Gasteiger partial charge on any atom is 0.123 e. The lowest BCUT2D eigenvalue weighted by Gasteiger charge is -2.39. The second-order valence-electron chi connectivity index (χ2n) is 5.91. The zero-order chi connectivity index (χ0) is 15.3. The highest BCUT2D eigenvalue weighted by atomic mass is 16.5. The third kappa shape index (κ3) is 3.74. The molecule has 0 aliphatic carbocycles. The summed E-state index contributed by atoms with van der Waals surface area (Å²) in [5, 5.41) is 0. The van der Waals surface area contributed by atoms with Gasteiger partial charge < -0.3 is 10.5 Å². The topological polar surface area (TPSA) is 38.5 Å². The zero-order valence-corrected chi connectivity index (χ0v) is 13.8. The van der Waals surface area contributed by atoms with Crippen molar-refractivity contribution in [1.29, 1.82) is 0 Å². The van der Waals surface area contributed by atoms with Gasteiger partial charge in [0.15, 0.2) is 0 Å². The maximum absolute atomic E-state index is 6.41. The third-order valence-corrected chi connectivity index (χ3v) is 4.38. The van der Waals surface area contributed by atoms with E-state index in [4.69, 9.17) is 10.5 Å². The average molecular weight is 278 g/mol. The molecule has 0 bridgehead atoms. The Balaban J connectivity index is 3.18. The van der Waals surface area contributed by atoms with Crippen LogP contribution in [0.4, 0.5) is 0 Å². The van der Waals surface area contributed by atoms with E-state index in [-0.39, 0.29) is 12.1 Å². The number of methoxy groups -OCH3 is 1. The summed E-state index contributed by atoms with van der Waals surface area (Å²) < 4.78 is 5.53. The maximum atomic E-state index is 6.41. The molecule has 3 atom stereocenters. The van der Waals surface area contributed by atoms with Gasteiger partial charge in [0.05, 0.1) is 13.2 Å². The van der Waals surface area contributed by atoms with Crippen LogP contribution in [0.3, 0.4) is 0 Å². The van der Waals surface area contributed by atoms with Gasteiger partial charge >= 0.3 is 0 Å². The van der Waals surface area contributed by atoms with E-state index in [0.717, 1.165) is 12.2 Å². The van der Waals surface area contributed by atoms with Gasteiger partial charge in [0.1, 0.15) is 5.75 Å². The lowest BCUT2D eigenvalue weighted by molar-refractivity contribution is 0.125. The summed E-state index contributed by atoms with van der Waals surface area (Å²) in [6, 6.07) is 8.93. The molecule has 0 aromatic heterocycles. The number of para-hydroxylation sites is 1. The Morgan fingerprint density at radius 3 is 2.30 bits per heavy atom. The standard InChI is InChI=1S/C17H30N2O/c1-7-15(18)17(19(5)13(4)12(2)3)14-10-8-9-11-16(14)20-6/h8-13,15,17H,7,18H2,1-6H3. The lowest BCUT2D eigenvalue weighted by Crippen LogP contribution is -2.44. The number of nitrogens with zero attached hydrogens (tertiary/aromatic N) is 1. The predicted octanol–water partition coefficient (Wildman–Crippen LogP) is 3.45. The fourth-order valence-electron chi connectivity index (χ4n) is 2.61. The fraction of sp³-hybridized carbons (Fsp3) is 0.647. The van der Waals surface area contributed by atoms with Gasteiger partial charge in [0.25, 0.3) is 0 Å². The first-order valence-electron chi connectivity index (χ1n) is 7.54. The van der Waals surface area contributed by atoms with E-state index in [1.807, 2.05) is 12.1 Å². The van der Waals surface area contributed by atoms with Crippen molar-refractivity contribution in [2.45, 2.75) is 52.2 Å². The zero-order valence-electron chi connectivity index (χ0n) is 13.8. The van der Waals surface area contributed by atoms with E-state index in [0.29, 0.717) is 12.0 Å². The van der Waals surface area contributed by atoms with Crippen molar-refractivity contribution in [3.05, 3.63) is 29.8 Å². The van der Waals surface area contributed by atoms with Gasteiger partial charge in [-0.05, 0) is 32.4 Å². The summed E-state index contributed by atoms with van der Waals surface area (Å²) in [5.41, 5.74) is 7.59. The Hall–Kier alpha value is -1.06. The van der Waals surface area contributed by atoms with Crippen LogP contribution in [0.2, 0.25) is 0 Å². The molecule has 1 aromatic carbocycles. The molecule has 2 N–H and O–H groups in total. The van der Waals surface area contributed by atoms with Crippen LogP contribution >= 0.6 is 0 Å². The van der Waals surface area contributed by atoms with Crippen molar-refractivity contribution in [2.24, 2.45) is 11.7 Å². The molecule has 0 spiro atoms. The SMILES string of the molecule is CCC(N)C(c1ccccc1OC)N(C)C(C)C(C)C. The average Bonchev–Trinajstić information content (AvgIpc) is 2.46. The van der Waals surface area contributed by atoms with Gasteiger partial charge in [0.2, 0.25) is 0 Å². The van der Waals surface area contributed by atoms with Gasteiger partial charge in [0, 0.05) is 17.6 Å². The van der Waals surface area contributed by atoms with Crippen LogP contribution in [0.25, 0.3) is 0 Å². The minimum absolute atomic E-state index is 0.0949. The highest BCUT2D eigenvalue weighted by Crippen LogP contribution is 2.33. The molecule has 114 valence electrons. The van der Waals surface area contributed by atoms with Crippen LogP contribution < -0.4 is 10.5 Å². The highest BCUT2D eigenvalue weighted by Gasteiger charge is 2.29. The van der Waals surface area contributed by atoms with Gasteiger partial charge in [-0.1, -0.05) is 39.0 Å². The quantitative estimate of drug-likeness (QED) is 0.830. The van der Waals surface area contributed by atoms with Crippen molar-refractivity contribution in [3.8, 4) is 5.75 Å². The molecule has 0 fully saturated rings. The number of nitrogens with two attached hydrogens (primary N) is 1. The summed E-state index contributed by atoms with van der Waals surface area (Å²) in [5.74, 6) is 1.51. The smallest absolute Gasteiger partial charge is 0.123 e. The summed E-state index contributed by atoms with van der Waals surface area (Å²) in [6.07, 6.45) is 0.942. The summed E-state index contributed by atoms with van der Waals surface area (Å²) >= 11 is 0. The van der Waals surface area contributed by atoms with E-state index in [9.17, 15) is 0 Å². The number of ether oxygens (including phenoxy) is 1. The van der Waals surface area contributed by atoms with Crippen LogP contribution in [-0.4, -0.2) is 31.1 Å². The number of hydrogen-bond acceptors (Lipinski definition) is 3. The molecule has 3 unspecified atom stereocenters. The molecule has 0 amide bonds. The third-order valence-electron chi connectivity index (χ3n) is 4.38. The molecular weight excluding hydrogens is 248 g/mol. The minimum atomic E-state index is 0.0949. The van der Waals surface area contributed by atoms with Crippen LogP contribution in [0, 0.1) is 5.92 Å². The molecule has 1 rings (SSSR count). The van der Waals surface area contributed by atoms with Crippen molar-refractivity contribution < 1.29 is 4.74 Å². The first-order valence-corrected chi connectivity index (χ1v) is 7.54. The summed E-state index contributed by atoms with van der Waals surface area (Å²) in [7, 11) is 3.89. The molecule has 0 saturated heterocycles. The second kappa shape index (κ2) is 7.65. The molecule has 0 aliphatic rings. The van der Waals surface area contributed by atoms with Crippen molar-refractivity contribution in [2.75, 3.05) is 14.2 Å². The van der Waals surface area contributed by atoms with E-state index in [1.54, 1.807) is 7.11 Å². The lowest BCUT2D eigenvalue weighted by atomic mass is 9.92. The van der Waals surface area contributed by atoms with Crippen molar-refractivity contribution in [1.82, 2.24) is 4.90 Å². The molecule has 20 heavy (non-hydrogen) atoms. The fourth-order valence-corrected chi connectivity index (χ4v) is 2.61.